The predicted molar refractivity (Wildman–Crippen MR) is 61.6 cm³/mol. The van der Waals surface area contributed by atoms with E-state index in [1.54, 1.807) is 0 Å². The summed E-state index contributed by atoms with van der Waals surface area (Å²) < 4.78 is 0. The van der Waals surface area contributed by atoms with Crippen molar-refractivity contribution in [1.29, 1.82) is 0 Å². The summed E-state index contributed by atoms with van der Waals surface area (Å²) in [5.74, 6) is 0. The standard InChI is InChI=1S/C13H19NO/c1-13(2)9-14(10-13)12(8-15)11-6-4-3-5-7-11/h3-7,12,15H,8-10H2,1-2H3/t12-/m1/s1. The van der Waals surface area contributed by atoms with Crippen LogP contribution >= 0.6 is 0 Å². The Bertz CT molecular complexity index is 313. The number of aliphatic hydroxyl groups is 1. The number of rotatable bonds is 3. The molecule has 1 aromatic carbocycles. The summed E-state index contributed by atoms with van der Waals surface area (Å²) in [7, 11) is 0. The highest BCUT2D eigenvalue weighted by molar-refractivity contribution is 5.20. The molecule has 82 valence electrons. The Labute approximate surface area is 91.5 Å². The van der Waals surface area contributed by atoms with Crippen LogP contribution in [0.25, 0.3) is 0 Å². The van der Waals surface area contributed by atoms with Crippen LogP contribution in [0.5, 0.6) is 0 Å². The Morgan fingerprint density at radius 3 is 2.33 bits per heavy atom. The van der Waals surface area contributed by atoms with E-state index in [9.17, 15) is 5.11 Å². The molecule has 1 aliphatic heterocycles. The molecule has 1 saturated heterocycles. The number of likely N-dealkylation sites (tertiary alicyclic amines) is 1. The van der Waals surface area contributed by atoms with Gasteiger partial charge in [0, 0.05) is 13.1 Å². The Morgan fingerprint density at radius 1 is 1.27 bits per heavy atom. The summed E-state index contributed by atoms with van der Waals surface area (Å²) in [4.78, 5) is 2.34. The molecule has 0 saturated carbocycles. The molecule has 0 bridgehead atoms. The summed E-state index contributed by atoms with van der Waals surface area (Å²) in [6, 6.07) is 10.4. The first-order valence-electron chi connectivity index (χ1n) is 5.52. The van der Waals surface area contributed by atoms with Gasteiger partial charge in [0.1, 0.15) is 0 Å². The molecular weight excluding hydrogens is 186 g/mol. The van der Waals surface area contributed by atoms with Gasteiger partial charge in [-0.05, 0) is 11.0 Å². The largest absolute Gasteiger partial charge is 0.394 e. The third-order valence-electron chi connectivity index (χ3n) is 3.06. The van der Waals surface area contributed by atoms with Gasteiger partial charge in [0.25, 0.3) is 0 Å². The number of aliphatic hydroxyl groups excluding tert-OH is 1. The highest BCUT2D eigenvalue weighted by atomic mass is 16.3. The minimum absolute atomic E-state index is 0.180. The van der Waals surface area contributed by atoms with Gasteiger partial charge in [0.15, 0.2) is 0 Å². The summed E-state index contributed by atoms with van der Waals surface area (Å²) in [6.07, 6.45) is 0. The fraction of sp³-hybridized carbons (Fsp3) is 0.538. The van der Waals surface area contributed by atoms with Gasteiger partial charge in [-0.25, -0.2) is 0 Å². The molecule has 1 aromatic rings. The van der Waals surface area contributed by atoms with E-state index in [1.165, 1.54) is 5.56 Å². The highest BCUT2D eigenvalue weighted by Gasteiger charge is 2.38. The molecular formula is C13H19NO. The second kappa shape index (κ2) is 3.95. The van der Waals surface area contributed by atoms with E-state index in [2.05, 4.69) is 30.9 Å². The first kappa shape index (κ1) is 10.7. The lowest BCUT2D eigenvalue weighted by molar-refractivity contribution is -0.0252. The Balaban J connectivity index is 2.07. The van der Waals surface area contributed by atoms with E-state index in [0.717, 1.165) is 13.1 Å². The van der Waals surface area contributed by atoms with E-state index < -0.39 is 0 Å². The van der Waals surface area contributed by atoms with Gasteiger partial charge < -0.3 is 5.11 Å². The number of hydrogen-bond donors (Lipinski definition) is 1. The van der Waals surface area contributed by atoms with Crippen molar-refractivity contribution in [2.45, 2.75) is 19.9 Å². The smallest absolute Gasteiger partial charge is 0.0628 e. The average Bonchev–Trinajstić information content (AvgIpc) is 2.18. The van der Waals surface area contributed by atoms with Crippen molar-refractivity contribution in [3.63, 3.8) is 0 Å². The van der Waals surface area contributed by atoms with Crippen LogP contribution in [0.2, 0.25) is 0 Å². The Morgan fingerprint density at radius 2 is 1.87 bits per heavy atom. The second-order valence-corrected chi connectivity index (χ2v) is 5.18. The molecule has 1 atom stereocenters. The SMILES string of the molecule is CC1(C)CN([C@H](CO)c2ccccc2)C1. The van der Waals surface area contributed by atoms with Crippen LogP contribution in [0.4, 0.5) is 0 Å². The minimum atomic E-state index is 0.180. The van der Waals surface area contributed by atoms with Crippen molar-refractivity contribution in [1.82, 2.24) is 4.90 Å². The first-order chi connectivity index (χ1) is 7.12. The quantitative estimate of drug-likeness (QED) is 0.816. The number of hydrogen-bond acceptors (Lipinski definition) is 2. The maximum Gasteiger partial charge on any atom is 0.0628 e. The number of benzene rings is 1. The van der Waals surface area contributed by atoms with Crippen molar-refractivity contribution in [2.75, 3.05) is 19.7 Å². The van der Waals surface area contributed by atoms with E-state index in [-0.39, 0.29) is 12.6 Å². The zero-order valence-corrected chi connectivity index (χ0v) is 9.48. The van der Waals surface area contributed by atoms with Crippen molar-refractivity contribution in [3.05, 3.63) is 35.9 Å². The monoisotopic (exact) mass is 205 g/mol. The maximum absolute atomic E-state index is 9.44. The molecule has 15 heavy (non-hydrogen) atoms. The molecule has 0 aromatic heterocycles. The first-order valence-corrected chi connectivity index (χ1v) is 5.52. The molecule has 1 aliphatic rings. The van der Waals surface area contributed by atoms with Crippen LogP contribution in [-0.2, 0) is 0 Å². The third-order valence-corrected chi connectivity index (χ3v) is 3.06. The predicted octanol–water partition coefficient (Wildman–Crippen LogP) is 2.06. The zero-order chi connectivity index (χ0) is 10.9. The van der Waals surface area contributed by atoms with Crippen molar-refractivity contribution < 1.29 is 5.11 Å². The zero-order valence-electron chi connectivity index (χ0n) is 9.48. The molecule has 2 nitrogen and oxygen atoms in total. The Hall–Kier alpha value is -0.860. The average molecular weight is 205 g/mol. The fourth-order valence-electron chi connectivity index (χ4n) is 2.38. The summed E-state index contributed by atoms with van der Waals surface area (Å²) in [5.41, 5.74) is 1.64. The molecule has 0 unspecified atom stereocenters. The summed E-state index contributed by atoms with van der Waals surface area (Å²) in [6.45, 7) is 6.90. The van der Waals surface area contributed by atoms with E-state index in [0.29, 0.717) is 5.41 Å². The van der Waals surface area contributed by atoms with Gasteiger partial charge in [0.2, 0.25) is 0 Å². The van der Waals surface area contributed by atoms with Gasteiger partial charge >= 0.3 is 0 Å². The van der Waals surface area contributed by atoms with Gasteiger partial charge in [-0.15, -0.1) is 0 Å². The summed E-state index contributed by atoms with van der Waals surface area (Å²) >= 11 is 0. The van der Waals surface area contributed by atoms with Gasteiger partial charge in [-0.1, -0.05) is 44.2 Å². The molecule has 0 radical (unpaired) electrons. The lowest BCUT2D eigenvalue weighted by Gasteiger charge is -2.49. The molecule has 2 heteroatoms. The third kappa shape index (κ3) is 2.21. The fourth-order valence-corrected chi connectivity index (χ4v) is 2.38. The van der Waals surface area contributed by atoms with Crippen molar-refractivity contribution in [2.24, 2.45) is 5.41 Å². The molecule has 1 N–H and O–H groups in total. The van der Waals surface area contributed by atoms with Crippen LogP contribution in [0.1, 0.15) is 25.5 Å². The van der Waals surface area contributed by atoms with Crippen LogP contribution in [0.15, 0.2) is 30.3 Å². The van der Waals surface area contributed by atoms with E-state index in [4.69, 9.17) is 0 Å². The van der Waals surface area contributed by atoms with Crippen LogP contribution < -0.4 is 0 Å². The summed E-state index contributed by atoms with van der Waals surface area (Å²) in [5, 5.41) is 9.44. The molecule has 1 fully saturated rings. The number of nitrogens with zero attached hydrogens (tertiary/aromatic N) is 1. The molecule has 0 aliphatic carbocycles. The van der Waals surface area contributed by atoms with Crippen molar-refractivity contribution >= 4 is 0 Å². The van der Waals surface area contributed by atoms with Crippen LogP contribution in [0.3, 0.4) is 0 Å². The normalized spacial score (nSPS) is 22.1. The lowest BCUT2D eigenvalue weighted by Crippen LogP contribution is -2.54. The topological polar surface area (TPSA) is 23.5 Å². The van der Waals surface area contributed by atoms with Crippen LogP contribution in [0, 0.1) is 5.41 Å². The molecule has 1 heterocycles. The van der Waals surface area contributed by atoms with Gasteiger partial charge in [0.05, 0.1) is 12.6 Å². The second-order valence-electron chi connectivity index (χ2n) is 5.18. The van der Waals surface area contributed by atoms with E-state index >= 15 is 0 Å². The van der Waals surface area contributed by atoms with Gasteiger partial charge in [-0.3, -0.25) is 4.90 Å². The molecule has 0 spiro atoms. The van der Waals surface area contributed by atoms with E-state index in [1.807, 2.05) is 18.2 Å². The lowest BCUT2D eigenvalue weighted by atomic mass is 9.82. The maximum atomic E-state index is 9.44. The van der Waals surface area contributed by atoms with Crippen LogP contribution in [-0.4, -0.2) is 29.7 Å². The van der Waals surface area contributed by atoms with Gasteiger partial charge in [-0.2, -0.15) is 0 Å². The highest BCUT2D eigenvalue weighted by Crippen LogP contribution is 2.35. The molecule has 2 rings (SSSR count). The molecule has 0 amide bonds. The minimum Gasteiger partial charge on any atom is -0.394 e. The Kier molecular flexibility index (Phi) is 2.81. The van der Waals surface area contributed by atoms with Crippen molar-refractivity contribution in [3.8, 4) is 0 Å².